The molecule has 0 bridgehead atoms. The largest absolute Gasteiger partial charge is 0.369 e. The van der Waals surface area contributed by atoms with Gasteiger partial charge in [-0.3, -0.25) is 9.36 Å². The molecule has 3 heterocycles. The number of pyridine rings is 1. The first-order valence-electron chi connectivity index (χ1n) is 6.09. The second-order valence-corrected chi connectivity index (χ2v) is 5.72. The molecule has 2 aromatic rings. The molecular formula is C12H14BrN5O. The Morgan fingerprint density at radius 3 is 3.05 bits per heavy atom. The quantitative estimate of drug-likeness (QED) is 0.864. The minimum Gasteiger partial charge on any atom is -0.369 e. The fourth-order valence-electron chi connectivity index (χ4n) is 2.54. The predicted octanol–water partition coefficient (Wildman–Crippen LogP) is 1.57. The molecule has 1 saturated heterocycles. The SMILES string of the molecule is CN1CC(n2c(N)nc3cc(Br)cnc32)CCC1=O. The monoisotopic (exact) mass is 323 g/mol. The summed E-state index contributed by atoms with van der Waals surface area (Å²) in [6, 6.07) is 2.04. The van der Waals surface area contributed by atoms with Gasteiger partial charge >= 0.3 is 0 Å². The van der Waals surface area contributed by atoms with Gasteiger partial charge in [0.1, 0.15) is 5.52 Å². The number of halogens is 1. The van der Waals surface area contributed by atoms with Crippen LogP contribution in [0.3, 0.4) is 0 Å². The van der Waals surface area contributed by atoms with E-state index < -0.39 is 0 Å². The van der Waals surface area contributed by atoms with E-state index in [1.165, 1.54) is 0 Å². The number of nitrogens with zero attached hydrogens (tertiary/aromatic N) is 4. The maximum absolute atomic E-state index is 11.6. The van der Waals surface area contributed by atoms with Gasteiger partial charge in [0.15, 0.2) is 5.65 Å². The summed E-state index contributed by atoms with van der Waals surface area (Å²) in [5, 5.41) is 0. The van der Waals surface area contributed by atoms with Crippen LogP contribution in [0, 0.1) is 0 Å². The summed E-state index contributed by atoms with van der Waals surface area (Å²) in [4.78, 5) is 22.0. The van der Waals surface area contributed by atoms with Gasteiger partial charge in [0.05, 0.1) is 6.04 Å². The topological polar surface area (TPSA) is 77.0 Å². The third-order valence-corrected chi connectivity index (χ3v) is 3.92. The molecule has 0 aliphatic carbocycles. The summed E-state index contributed by atoms with van der Waals surface area (Å²) in [6.45, 7) is 0.645. The minimum atomic E-state index is 0.140. The molecule has 0 aromatic carbocycles. The Bertz CT molecular complexity index is 653. The standard InChI is InChI=1S/C12H14BrN5O/c1-17-6-8(2-3-10(17)19)18-11-9(16-12(18)14)4-7(13)5-15-11/h4-5,8H,2-3,6H2,1H3,(H2,14,16). The smallest absolute Gasteiger partial charge is 0.222 e. The van der Waals surface area contributed by atoms with Gasteiger partial charge in [-0.15, -0.1) is 0 Å². The number of nitrogens with two attached hydrogens (primary N) is 1. The van der Waals surface area contributed by atoms with Crippen LogP contribution >= 0.6 is 15.9 Å². The van der Waals surface area contributed by atoms with Crippen molar-refractivity contribution >= 4 is 38.9 Å². The van der Waals surface area contributed by atoms with Gasteiger partial charge < -0.3 is 10.6 Å². The number of hydrogen-bond acceptors (Lipinski definition) is 4. The van der Waals surface area contributed by atoms with Gasteiger partial charge in [-0.1, -0.05) is 0 Å². The number of likely N-dealkylation sites (tertiary alicyclic amines) is 1. The molecule has 2 N–H and O–H groups in total. The zero-order valence-electron chi connectivity index (χ0n) is 10.5. The van der Waals surface area contributed by atoms with Crippen molar-refractivity contribution in [2.45, 2.75) is 18.9 Å². The van der Waals surface area contributed by atoms with E-state index in [-0.39, 0.29) is 11.9 Å². The molecule has 1 amide bonds. The minimum absolute atomic E-state index is 0.140. The number of aromatic nitrogens is 3. The maximum Gasteiger partial charge on any atom is 0.222 e. The zero-order chi connectivity index (χ0) is 13.6. The maximum atomic E-state index is 11.6. The first kappa shape index (κ1) is 12.4. The van der Waals surface area contributed by atoms with E-state index >= 15 is 0 Å². The average Bonchev–Trinajstić information content (AvgIpc) is 2.68. The number of rotatable bonds is 1. The number of anilines is 1. The zero-order valence-corrected chi connectivity index (χ0v) is 12.1. The second kappa shape index (κ2) is 4.48. The predicted molar refractivity (Wildman–Crippen MR) is 75.5 cm³/mol. The molecule has 1 fully saturated rings. The van der Waals surface area contributed by atoms with E-state index in [4.69, 9.17) is 5.73 Å². The van der Waals surface area contributed by atoms with Crippen LogP contribution in [-0.4, -0.2) is 38.9 Å². The Kier molecular flexibility index (Phi) is 2.93. The third-order valence-electron chi connectivity index (χ3n) is 3.49. The number of carbonyl (C=O) groups is 1. The van der Waals surface area contributed by atoms with Crippen molar-refractivity contribution in [1.29, 1.82) is 0 Å². The number of carbonyl (C=O) groups excluding carboxylic acids is 1. The number of likely N-dealkylation sites (N-methyl/N-ethyl adjacent to an activating group) is 1. The van der Waals surface area contributed by atoms with Gasteiger partial charge in [-0.25, -0.2) is 9.97 Å². The second-order valence-electron chi connectivity index (χ2n) is 4.80. The van der Waals surface area contributed by atoms with Crippen LogP contribution < -0.4 is 5.73 Å². The number of fused-ring (bicyclic) bond motifs is 1. The van der Waals surface area contributed by atoms with E-state index in [9.17, 15) is 4.79 Å². The molecule has 19 heavy (non-hydrogen) atoms. The molecule has 7 heteroatoms. The van der Waals surface area contributed by atoms with Gasteiger partial charge in [0, 0.05) is 30.7 Å². The van der Waals surface area contributed by atoms with Gasteiger partial charge in [-0.05, 0) is 28.4 Å². The van der Waals surface area contributed by atoms with Gasteiger partial charge in [0.25, 0.3) is 0 Å². The van der Waals surface area contributed by atoms with Crippen LogP contribution in [0.25, 0.3) is 11.2 Å². The lowest BCUT2D eigenvalue weighted by molar-refractivity contribution is -0.132. The molecule has 1 unspecified atom stereocenters. The lowest BCUT2D eigenvalue weighted by Gasteiger charge is -2.30. The fourth-order valence-corrected chi connectivity index (χ4v) is 2.86. The Hall–Kier alpha value is -1.63. The molecule has 1 aliphatic heterocycles. The number of imidazole rings is 1. The van der Waals surface area contributed by atoms with E-state index in [2.05, 4.69) is 25.9 Å². The van der Waals surface area contributed by atoms with Crippen LogP contribution in [-0.2, 0) is 4.79 Å². The van der Waals surface area contributed by atoms with Crippen LogP contribution in [0.4, 0.5) is 5.95 Å². The van der Waals surface area contributed by atoms with Gasteiger partial charge in [0.2, 0.25) is 11.9 Å². The highest BCUT2D eigenvalue weighted by molar-refractivity contribution is 9.10. The summed E-state index contributed by atoms with van der Waals surface area (Å²) < 4.78 is 2.81. The van der Waals surface area contributed by atoms with Crippen LogP contribution in [0.2, 0.25) is 0 Å². The Balaban J connectivity index is 2.05. The lowest BCUT2D eigenvalue weighted by Crippen LogP contribution is -2.38. The van der Waals surface area contributed by atoms with Gasteiger partial charge in [-0.2, -0.15) is 0 Å². The van der Waals surface area contributed by atoms with Crippen molar-refractivity contribution in [2.24, 2.45) is 0 Å². The highest BCUT2D eigenvalue weighted by Gasteiger charge is 2.27. The summed E-state index contributed by atoms with van der Waals surface area (Å²) in [5.41, 5.74) is 7.55. The molecule has 1 atom stereocenters. The summed E-state index contributed by atoms with van der Waals surface area (Å²) in [7, 11) is 1.81. The molecule has 100 valence electrons. The van der Waals surface area contributed by atoms with Crippen molar-refractivity contribution in [2.75, 3.05) is 19.3 Å². The number of nitrogen functional groups attached to an aromatic ring is 1. The molecule has 2 aromatic heterocycles. The molecule has 0 spiro atoms. The van der Waals surface area contributed by atoms with Crippen LogP contribution in [0.1, 0.15) is 18.9 Å². The Labute approximate surface area is 118 Å². The number of hydrogen-bond donors (Lipinski definition) is 1. The summed E-state index contributed by atoms with van der Waals surface area (Å²) >= 11 is 3.37. The molecule has 0 saturated carbocycles. The molecule has 1 aliphatic rings. The van der Waals surface area contributed by atoms with Crippen molar-refractivity contribution in [3.63, 3.8) is 0 Å². The highest BCUT2D eigenvalue weighted by atomic mass is 79.9. The van der Waals surface area contributed by atoms with Crippen LogP contribution in [0.15, 0.2) is 16.7 Å². The third kappa shape index (κ3) is 2.07. The van der Waals surface area contributed by atoms with Crippen molar-refractivity contribution in [3.8, 4) is 0 Å². The normalized spacial score (nSPS) is 20.2. The van der Waals surface area contributed by atoms with Crippen LogP contribution in [0.5, 0.6) is 0 Å². The van der Waals surface area contributed by atoms with E-state index in [0.29, 0.717) is 18.9 Å². The Morgan fingerprint density at radius 2 is 2.32 bits per heavy atom. The van der Waals surface area contributed by atoms with Crippen molar-refractivity contribution in [3.05, 3.63) is 16.7 Å². The van der Waals surface area contributed by atoms with E-state index in [1.54, 1.807) is 11.1 Å². The highest BCUT2D eigenvalue weighted by Crippen LogP contribution is 2.28. The number of amides is 1. The fraction of sp³-hybridized carbons (Fsp3) is 0.417. The average molecular weight is 324 g/mol. The summed E-state index contributed by atoms with van der Waals surface area (Å²) in [5.74, 6) is 0.628. The molecule has 6 nitrogen and oxygen atoms in total. The van der Waals surface area contributed by atoms with Crippen molar-refractivity contribution in [1.82, 2.24) is 19.4 Å². The number of piperidine rings is 1. The molecular weight excluding hydrogens is 310 g/mol. The van der Waals surface area contributed by atoms with E-state index in [1.807, 2.05) is 17.7 Å². The molecule has 0 radical (unpaired) electrons. The molecule has 3 rings (SSSR count). The van der Waals surface area contributed by atoms with E-state index in [0.717, 1.165) is 22.1 Å². The first-order chi connectivity index (χ1) is 9.06. The van der Waals surface area contributed by atoms with Crippen molar-refractivity contribution < 1.29 is 4.79 Å². The Morgan fingerprint density at radius 1 is 1.53 bits per heavy atom. The lowest BCUT2D eigenvalue weighted by atomic mass is 10.1. The first-order valence-corrected chi connectivity index (χ1v) is 6.88. The summed E-state index contributed by atoms with van der Waals surface area (Å²) in [6.07, 6.45) is 3.05.